The molecule has 3 aromatic rings. The number of carbonyl (C=O) groups is 2. The van der Waals surface area contributed by atoms with E-state index in [4.69, 9.17) is 16.3 Å². The molecular formula is C25H24ClN3O3. The van der Waals surface area contributed by atoms with Crippen LogP contribution in [-0.4, -0.2) is 50.0 Å². The van der Waals surface area contributed by atoms with E-state index in [0.29, 0.717) is 48.1 Å². The molecule has 4 rings (SSSR count). The van der Waals surface area contributed by atoms with E-state index >= 15 is 0 Å². The molecule has 0 bridgehead atoms. The van der Waals surface area contributed by atoms with Crippen LogP contribution in [0, 0.1) is 0 Å². The van der Waals surface area contributed by atoms with Crippen molar-refractivity contribution in [2.45, 2.75) is 0 Å². The minimum absolute atomic E-state index is 0.00223. The van der Waals surface area contributed by atoms with Crippen molar-refractivity contribution >= 4 is 34.8 Å². The van der Waals surface area contributed by atoms with Crippen LogP contribution in [0.25, 0.3) is 0 Å². The average Bonchev–Trinajstić information content (AvgIpc) is 2.84. The summed E-state index contributed by atoms with van der Waals surface area (Å²) < 4.78 is 5.15. The number of halogens is 1. The Hall–Kier alpha value is -3.51. The molecular weight excluding hydrogens is 426 g/mol. The number of para-hydroxylation sites is 2. The fraction of sp³-hybridized carbons (Fsp3) is 0.200. The van der Waals surface area contributed by atoms with Crippen LogP contribution in [0.4, 0.5) is 11.4 Å². The molecule has 1 aliphatic heterocycles. The molecule has 1 saturated heterocycles. The van der Waals surface area contributed by atoms with E-state index in [1.54, 1.807) is 55.6 Å². The third-order valence-electron chi connectivity index (χ3n) is 5.50. The maximum atomic E-state index is 12.8. The van der Waals surface area contributed by atoms with Gasteiger partial charge in [0.1, 0.15) is 5.75 Å². The van der Waals surface area contributed by atoms with Crippen molar-refractivity contribution in [1.82, 2.24) is 4.90 Å². The van der Waals surface area contributed by atoms with Gasteiger partial charge in [-0.1, -0.05) is 23.7 Å². The molecule has 1 fully saturated rings. The summed E-state index contributed by atoms with van der Waals surface area (Å²) in [5, 5.41) is 3.62. The molecule has 0 unspecified atom stereocenters. The summed E-state index contributed by atoms with van der Waals surface area (Å²) in [5.74, 6) is 0.520. The van der Waals surface area contributed by atoms with Crippen LogP contribution >= 0.6 is 11.6 Å². The highest BCUT2D eigenvalue weighted by molar-refractivity contribution is 6.30. The van der Waals surface area contributed by atoms with Crippen LogP contribution < -0.4 is 15.0 Å². The lowest BCUT2D eigenvalue weighted by molar-refractivity contribution is 0.0746. The molecule has 3 aromatic carbocycles. The van der Waals surface area contributed by atoms with Gasteiger partial charge in [0.05, 0.1) is 18.5 Å². The van der Waals surface area contributed by atoms with Gasteiger partial charge < -0.3 is 19.9 Å². The molecule has 0 aliphatic carbocycles. The van der Waals surface area contributed by atoms with Gasteiger partial charge in [-0.25, -0.2) is 0 Å². The fourth-order valence-electron chi connectivity index (χ4n) is 3.72. The number of anilines is 2. The lowest BCUT2D eigenvalue weighted by Crippen LogP contribution is -2.49. The maximum absolute atomic E-state index is 12.8. The van der Waals surface area contributed by atoms with Gasteiger partial charge in [0.2, 0.25) is 0 Å². The summed E-state index contributed by atoms with van der Waals surface area (Å²) in [6, 6.07) is 21.7. The lowest BCUT2D eigenvalue weighted by atomic mass is 10.1. The Morgan fingerprint density at radius 2 is 1.47 bits per heavy atom. The standard InChI is InChI=1S/C25H24ClN3O3/c1-32-21-12-8-18(9-13-21)24(30)27-22-4-2-3-5-23(22)28-14-16-29(17-15-28)25(31)19-6-10-20(26)11-7-19/h2-13H,14-17H2,1H3,(H,27,30). The first-order valence-electron chi connectivity index (χ1n) is 10.4. The summed E-state index contributed by atoms with van der Waals surface area (Å²) in [4.78, 5) is 29.5. The van der Waals surface area contributed by atoms with Crippen molar-refractivity contribution in [3.63, 3.8) is 0 Å². The smallest absolute Gasteiger partial charge is 0.255 e. The molecule has 0 radical (unpaired) electrons. The second kappa shape index (κ2) is 9.75. The Morgan fingerprint density at radius 3 is 2.12 bits per heavy atom. The minimum atomic E-state index is -0.184. The second-order valence-corrected chi connectivity index (χ2v) is 7.92. The number of methoxy groups -OCH3 is 1. The van der Waals surface area contributed by atoms with Crippen molar-refractivity contribution in [3.05, 3.63) is 88.9 Å². The average molecular weight is 450 g/mol. The largest absolute Gasteiger partial charge is 0.497 e. The van der Waals surface area contributed by atoms with Gasteiger partial charge in [-0.2, -0.15) is 0 Å². The number of hydrogen-bond donors (Lipinski definition) is 1. The molecule has 2 amide bonds. The molecule has 1 heterocycles. The molecule has 1 N–H and O–H groups in total. The predicted molar refractivity (Wildman–Crippen MR) is 127 cm³/mol. The second-order valence-electron chi connectivity index (χ2n) is 7.49. The van der Waals surface area contributed by atoms with Crippen molar-refractivity contribution in [3.8, 4) is 5.75 Å². The van der Waals surface area contributed by atoms with Crippen LogP contribution in [0.5, 0.6) is 5.75 Å². The van der Waals surface area contributed by atoms with E-state index in [9.17, 15) is 9.59 Å². The molecule has 0 spiro atoms. The number of rotatable bonds is 5. The minimum Gasteiger partial charge on any atom is -0.497 e. The molecule has 7 heteroatoms. The zero-order valence-electron chi connectivity index (χ0n) is 17.8. The van der Waals surface area contributed by atoms with Gasteiger partial charge in [-0.3, -0.25) is 9.59 Å². The number of carbonyl (C=O) groups excluding carboxylic acids is 2. The summed E-state index contributed by atoms with van der Waals surface area (Å²) in [6.07, 6.45) is 0. The maximum Gasteiger partial charge on any atom is 0.255 e. The van der Waals surface area contributed by atoms with Crippen LogP contribution in [0.2, 0.25) is 5.02 Å². The van der Waals surface area contributed by atoms with Gasteiger partial charge >= 0.3 is 0 Å². The van der Waals surface area contributed by atoms with E-state index in [1.807, 2.05) is 29.2 Å². The van der Waals surface area contributed by atoms with Gasteiger partial charge in [-0.05, 0) is 60.7 Å². The SMILES string of the molecule is COc1ccc(C(=O)Nc2ccccc2N2CCN(C(=O)c3ccc(Cl)cc3)CC2)cc1. The lowest BCUT2D eigenvalue weighted by Gasteiger charge is -2.37. The number of ether oxygens (including phenoxy) is 1. The monoisotopic (exact) mass is 449 g/mol. The summed E-state index contributed by atoms with van der Waals surface area (Å²) in [7, 11) is 1.59. The van der Waals surface area contributed by atoms with Crippen molar-refractivity contribution in [2.75, 3.05) is 43.5 Å². The van der Waals surface area contributed by atoms with Crippen LogP contribution in [0.1, 0.15) is 20.7 Å². The zero-order chi connectivity index (χ0) is 22.5. The highest BCUT2D eigenvalue weighted by Crippen LogP contribution is 2.27. The zero-order valence-corrected chi connectivity index (χ0v) is 18.5. The number of nitrogens with zero attached hydrogens (tertiary/aromatic N) is 2. The number of benzene rings is 3. The first-order chi connectivity index (χ1) is 15.5. The molecule has 0 aromatic heterocycles. The molecule has 0 atom stereocenters. The van der Waals surface area contributed by atoms with E-state index < -0.39 is 0 Å². The summed E-state index contributed by atoms with van der Waals surface area (Å²) in [6.45, 7) is 2.55. The number of amides is 2. The van der Waals surface area contributed by atoms with E-state index in [2.05, 4.69) is 10.2 Å². The molecule has 6 nitrogen and oxygen atoms in total. The summed E-state index contributed by atoms with van der Waals surface area (Å²) in [5.41, 5.74) is 2.87. The van der Waals surface area contributed by atoms with Crippen LogP contribution in [-0.2, 0) is 0 Å². The Labute approximate surface area is 192 Å². The molecule has 1 aliphatic rings. The van der Waals surface area contributed by atoms with Gasteiger partial charge in [0.15, 0.2) is 0 Å². The Balaban J connectivity index is 1.42. The number of piperazine rings is 1. The Morgan fingerprint density at radius 1 is 0.844 bits per heavy atom. The van der Waals surface area contributed by atoms with Crippen LogP contribution in [0.15, 0.2) is 72.8 Å². The van der Waals surface area contributed by atoms with Crippen molar-refractivity contribution < 1.29 is 14.3 Å². The highest BCUT2D eigenvalue weighted by Gasteiger charge is 2.24. The molecule has 0 saturated carbocycles. The van der Waals surface area contributed by atoms with Gasteiger partial charge in [0.25, 0.3) is 11.8 Å². The molecule has 32 heavy (non-hydrogen) atoms. The highest BCUT2D eigenvalue weighted by atomic mass is 35.5. The predicted octanol–water partition coefficient (Wildman–Crippen LogP) is 4.56. The quantitative estimate of drug-likeness (QED) is 0.620. The van der Waals surface area contributed by atoms with E-state index in [0.717, 1.165) is 11.4 Å². The summed E-state index contributed by atoms with van der Waals surface area (Å²) >= 11 is 5.93. The first kappa shape index (κ1) is 21.7. The molecule has 164 valence electrons. The third kappa shape index (κ3) is 4.86. The fourth-order valence-corrected chi connectivity index (χ4v) is 3.84. The Kier molecular flexibility index (Phi) is 6.61. The normalized spacial score (nSPS) is 13.6. The third-order valence-corrected chi connectivity index (χ3v) is 5.76. The van der Waals surface area contributed by atoms with Crippen LogP contribution in [0.3, 0.4) is 0 Å². The van der Waals surface area contributed by atoms with E-state index in [1.165, 1.54) is 0 Å². The van der Waals surface area contributed by atoms with Gasteiger partial charge in [0, 0.05) is 42.3 Å². The van der Waals surface area contributed by atoms with Crippen molar-refractivity contribution in [1.29, 1.82) is 0 Å². The number of nitrogens with one attached hydrogen (secondary N) is 1. The first-order valence-corrected chi connectivity index (χ1v) is 10.8. The van der Waals surface area contributed by atoms with Gasteiger partial charge in [-0.15, -0.1) is 0 Å². The van der Waals surface area contributed by atoms with Crippen molar-refractivity contribution in [2.24, 2.45) is 0 Å². The number of hydrogen-bond acceptors (Lipinski definition) is 4. The topological polar surface area (TPSA) is 61.9 Å². The Bertz CT molecular complexity index is 1090. The van der Waals surface area contributed by atoms with E-state index in [-0.39, 0.29) is 11.8 Å².